The van der Waals surface area contributed by atoms with Crippen molar-refractivity contribution in [3.05, 3.63) is 107 Å². The summed E-state index contributed by atoms with van der Waals surface area (Å²) in [5.74, 6) is -1.76. The van der Waals surface area contributed by atoms with Crippen molar-refractivity contribution in [3.8, 4) is 6.07 Å². The number of carbonyl (C=O) groups is 3. The first kappa shape index (κ1) is 24.5. The number of carboxylic acids is 1. The van der Waals surface area contributed by atoms with Gasteiger partial charge in [0.25, 0.3) is 0 Å². The molecule has 8 nitrogen and oxygen atoms in total. The van der Waals surface area contributed by atoms with E-state index in [0.29, 0.717) is 11.1 Å². The summed E-state index contributed by atoms with van der Waals surface area (Å²) in [7, 11) is 0. The van der Waals surface area contributed by atoms with E-state index in [1.807, 2.05) is 60.7 Å². The van der Waals surface area contributed by atoms with Crippen molar-refractivity contribution >= 4 is 18.0 Å². The molecule has 182 valence electrons. The van der Waals surface area contributed by atoms with Gasteiger partial charge in [-0.15, -0.1) is 0 Å². The number of carboxylic acid groups (broad SMARTS) is 1. The maximum Gasteiger partial charge on any atom is 0.411 e. The Morgan fingerprint density at radius 3 is 2.31 bits per heavy atom. The second-order valence-electron chi connectivity index (χ2n) is 8.57. The molecule has 0 unspecified atom stereocenters. The molecule has 2 atom stereocenters. The number of benzene rings is 3. The highest BCUT2D eigenvalue weighted by Gasteiger charge is 2.37. The van der Waals surface area contributed by atoms with Gasteiger partial charge >= 0.3 is 12.1 Å². The van der Waals surface area contributed by atoms with Gasteiger partial charge in [0.1, 0.15) is 18.7 Å². The maximum absolute atomic E-state index is 13.3. The van der Waals surface area contributed by atoms with Gasteiger partial charge in [-0.25, -0.2) is 9.59 Å². The number of carbonyl (C=O) groups excluding carboxylic acids is 2. The summed E-state index contributed by atoms with van der Waals surface area (Å²) < 4.78 is 5.50. The van der Waals surface area contributed by atoms with Crippen LogP contribution in [0, 0.1) is 11.3 Å². The summed E-state index contributed by atoms with van der Waals surface area (Å²) in [6.07, 6.45) is -0.368. The highest BCUT2D eigenvalue weighted by molar-refractivity contribution is 5.90. The first-order valence-corrected chi connectivity index (χ1v) is 11.5. The molecule has 0 bridgehead atoms. The van der Waals surface area contributed by atoms with E-state index in [2.05, 4.69) is 5.32 Å². The van der Waals surface area contributed by atoms with E-state index in [1.165, 1.54) is 4.90 Å². The molecule has 3 aromatic carbocycles. The largest absolute Gasteiger partial charge is 0.480 e. The zero-order valence-electron chi connectivity index (χ0n) is 19.5. The molecule has 1 heterocycles. The Balaban J connectivity index is 1.51. The van der Waals surface area contributed by atoms with Crippen LogP contribution >= 0.6 is 0 Å². The number of fused-ring (bicyclic) bond motifs is 1. The van der Waals surface area contributed by atoms with Crippen LogP contribution in [0.4, 0.5) is 4.79 Å². The van der Waals surface area contributed by atoms with Gasteiger partial charge in [0.05, 0.1) is 18.2 Å². The molecule has 0 radical (unpaired) electrons. The second-order valence-corrected chi connectivity index (χ2v) is 8.57. The van der Waals surface area contributed by atoms with Crippen LogP contribution in [0.15, 0.2) is 78.9 Å². The summed E-state index contributed by atoms with van der Waals surface area (Å²) >= 11 is 0. The topological polar surface area (TPSA) is 120 Å². The Morgan fingerprint density at radius 2 is 1.64 bits per heavy atom. The predicted octanol–water partition coefficient (Wildman–Crippen LogP) is 3.43. The fraction of sp³-hybridized carbons (Fsp3) is 0.214. The molecule has 0 saturated heterocycles. The van der Waals surface area contributed by atoms with Crippen molar-refractivity contribution in [2.24, 2.45) is 0 Å². The molecule has 1 aliphatic heterocycles. The molecule has 36 heavy (non-hydrogen) atoms. The van der Waals surface area contributed by atoms with Crippen molar-refractivity contribution in [2.75, 3.05) is 0 Å². The monoisotopic (exact) mass is 483 g/mol. The third-order valence-electron chi connectivity index (χ3n) is 6.13. The van der Waals surface area contributed by atoms with Crippen LogP contribution in [-0.2, 0) is 40.3 Å². The molecule has 3 aromatic rings. The summed E-state index contributed by atoms with van der Waals surface area (Å²) in [5, 5.41) is 21.3. The Hall–Kier alpha value is -4.64. The van der Waals surface area contributed by atoms with Crippen molar-refractivity contribution in [2.45, 2.75) is 38.1 Å². The third-order valence-corrected chi connectivity index (χ3v) is 6.13. The third kappa shape index (κ3) is 5.88. The first-order valence-electron chi connectivity index (χ1n) is 11.5. The molecular formula is C28H25N3O5. The van der Waals surface area contributed by atoms with Gasteiger partial charge < -0.3 is 15.2 Å². The SMILES string of the molecule is N#Cc1ccc(C[C@@H](NC(=O)[C@@H]2Cc3ccccc3CN2C(=O)OCc2ccccc2)C(=O)O)cc1. The number of hydrogen-bond donors (Lipinski definition) is 2. The fourth-order valence-electron chi connectivity index (χ4n) is 4.17. The summed E-state index contributed by atoms with van der Waals surface area (Å²) in [6, 6.07) is 23.1. The van der Waals surface area contributed by atoms with E-state index >= 15 is 0 Å². The van der Waals surface area contributed by atoms with Gasteiger partial charge in [0.15, 0.2) is 0 Å². The Bertz CT molecular complexity index is 1280. The molecule has 0 spiro atoms. The molecule has 2 N–H and O–H groups in total. The number of aliphatic carboxylic acids is 1. The quantitative estimate of drug-likeness (QED) is 0.531. The summed E-state index contributed by atoms with van der Waals surface area (Å²) in [4.78, 5) is 39.7. The lowest BCUT2D eigenvalue weighted by Gasteiger charge is -2.35. The van der Waals surface area contributed by atoms with E-state index in [4.69, 9.17) is 10.00 Å². The smallest absolute Gasteiger partial charge is 0.411 e. The van der Waals surface area contributed by atoms with Gasteiger partial charge in [-0.1, -0.05) is 66.7 Å². The minimum atomic E-state index is -1.20. The van der Waals surface area contributed by atoms with Crippen LogP contribution in [0.2, 0.25) is 0 Å². The highest BCUT2D eigenvalue weighted by atomic mass is 16.6. The molecule has 4 rings (SSSR count). The molecule has 0 fully saturated rings. The van der Waals surface area contributed by atoms with E-state index < -0.39 is 30.1 Å². The molecular weight excluding hydrogens is 458 g/mol. The number of hydrogen-bond acceptors (Lipinski definition) is 5. The summed E-state index contributed by atoms with van der Waals surface area (Å²) in [6.45, 7) is 0.234. The van der Waals surface area contributed by atoms with Crippen molar-refractivity contribution < 1.29 is 24.2 Å². The summed E-state index contributed by atoms with van der Waals surface area (Å²) in [5.41, 5.74) is 3.77. The Labute approximate surface area is 208 Å². The van der Waals surface area contributed by atoms with E-state index in [9.17, 15) is 19.5 Å². The normalized spacial score (nSPS) is 15.2. The van der Waals surface area contributed by atoms with E-state index in [-0.39, 0.29) is 26.0 Å². The predicted molar refractivity (Wildman–Crippen MR) is 131 cm³/mol. The van der Waals surface area contributed by atoms with Crippen LogP contribution in [0.5, 0.6) is 0 Å². The average Bonchev–Trinajstić information content (AvgIpc) is 2.91. The fourth-order valence-corrected chi connectivity index (χ4v) is 4.17. The van der Waals surface area contributed by atoms with Crippen LogP contribution in [-0.4, -0.2) is 40.1 Å². The van der Waals surface area contributed by atoms with Crippen LogP contribution in [0.1, 0.15) is 27.8 Å². The number of ether oxygens (including phenoxy) is 1. The standard InChI is InChI=1S/C28H25N3O5/c29-16-20-12-10-19(11-13-20)14-24(27(33)34)30-26(32)25-15-22-8-4-5-9-23(22)17-31(25)28(35)36-18-21-6-2-1-3-7-21/h1-13,24-25H,14-15,17-18H2,(H,30,32)(H,33,34)/t24-,25+/m1/s1. The maximum atomic E-state index is 13.3. The number of rotatable bonds is 7. The molecule has 0 aromatic heterocycles. The van der Waals surface area contributed by atoms with E-state index in [1.54, 1.807) is 24.3 Å². The van der Waals surface area contributed by atoms with E-state index in [0.717, 1.165) is 16.7 Å². The van der Waals surface area contributed by atoms with Gasteiger partial charge in [0.2, 0.25) is 5.91 Å². The number of amides is 2. The molecule has 0 aliphatic carbocycles. The van der Waals surface area contributed by atoms with Gasteiger partial charge in [0, 0.05) is 12.8 Å². The Morgan fingerprint density at radius 1 is 0.972 bits per heavy atom. The Kier molecular flexibility index (Phi) is 7.61. The van der Waals surface area contributed by atoms with Crippen LogP contribution in [0.3, 0.4) is 0 Å². The minimum Gasteiger partial charge on any atom is -0.480 e. The molecule has 2 amide bonds. The van der Waals surface area contributed by atoms with Crippen LogP contribution in [0.25, 0.3) is 0 Å². The van der Waals surface area contributed by atoms with Crippen molar-refractivity contribution in [1.82, 2.24) is 10.2 Å². The highest BCUT2D eigenvalue weighted by Crippen LogP contribution is 2.25. The van der Waals surface area contributed by atoms with Crippen molar-refractivity contribution in [1.29, 1.82) is 5.26 Å². The molecule has 8 heteroatoms. The number of nitrogens with one attached hydrogen (secondary N) is 1. The zero-order chi connectivity index (χ0) is 25.5. The van der Waals surface area contributed by atoms with Crippen molar-refractivity contribution in [3.63, 3.8) is 0 Å². The van der Waals surface area contributed by atoms with Gasteiger partial charge in [-0.2, -0.15) is 5.26 Å². The van der Waals surface area contributed by atoms with Gasteiger partial charge in [-0.05, 0) is 34.4 Å². The molecule has 1 aliphatic rings. The lowest BCUT2D eigenvalue weighted by molar-refractivity contribution is -0.142. The zero-order valence-corrected chi connectivity index (χ0v) is 19.5. The van der Waals surface area contributed by atoms with Gasteiger partial charge in [-0.3, -0.25) is 9.69 Å². The van der Waals surface area contributed by atoms with Crippen LogP contribution < -0.4 is 5.32 Å². The minimum absolute atomic E-state index is 0.0363. The first-order chi connectivity index (χ1) is 17.4. The lowest BCUT2D eigenvalue weighted by atomic mass is 9.93. The molecule has 0 saturated carbocycles. The average molecular weight is 484 g/mol. The number of nitriles is 1. The second kappa shape index (κ2) is 11.2. The lowest BCUT2D eigenvalue weighted by Crippen LogP contribution is -2.56. The number of nitrogens with zero attached hydrogens (tertiary/aromatic N) is 2.